The first-order valence-electron chi connectivity index (χ1n) is 34.8. The van der Waals surface area contributed by atoms with Crippen LogP contribution in [0.25, 0.3) is 0 Å². The number of phosphoric ester groups is 1. The van der Waals surface area contributed by atoms with Gasteiger partial charge in [0.2, 0.25) is 5.91 Å². The number of likely N-dealkylation sites (N-methyl/N-ethyl adjacent to an activating group) is 1. The Morgan fingerprint density at radius 3 is 1.06 bits per heavy atom. The summed E-state index contributed by atoms with van der Waals surface area (Å²) in [5.74, 6) is -0.535. The normalized spacial score (nSPS) is 13.7. The first-order chi connectivity index (χ1) is 38.9. The van der Waals surface area contributed by atoms with Crippen LogP contribution in [0, 0.1) is 0 Å². The molecule has 472 valence electrons. The Kier molecular flexibility index (Phi) is 59.0. The summed E-state index contributed by atoms with van der Waals surface area (Å²) in [4.78, 5) is 40.1. The highest BCUT2D eigenvalue weighted by Crippen LogP contribution is 2.38. The summed E-state index contributed by atoms with van der Waals surface area (Å²) in [5, 5.41) is 3.03. The fourth-order valence-electron chi connectivity index (χ4n) is 10.4. The minimum atomic E-state index is -4.70. The van der Waals surface area contributed by atoms with Gasteiger partial charge in [-0.3, -0.25) is 14.2 Å². The van der Waals surface area contributed by atoms with Crippen molar-refractivity contribution in [1.82, 2.24) is 5.32 Å². The lowest BCUT2D eigenvalue weighted by molar-refractivity contribution is -0.870. The predicted molar refractivity (Wildman–Crippen MR) is 344 cm³/mol. The van der Waals surface area contributed by atoms with Crippen molar-refractivity contribution in [1.29, 1.82) is 0 Å². The molecule has 0 saturated carbocycles. The molecule has 0 aromatic heterocycles. The Bertz CT molecular complexity index is 1460. The van der Waals surface area contributed by atoms with Gasteiger partial charge in [0.15, 0.2) is 0 Å². The summed E-state index contributed by atoms with van der Waals surface area (Å²) in [6.07, 6.45) is 74.2. The number of quaternary nitrogens is 1. The van der Waals surface area contributed by atoms with Gasteiger partial charge in [-0.15, -0.1) is 0 Å². The van der Waals surface area contributed by atoms with Crippen LogP contribution >= 0.6 is 7.82 Å². The van der Waals surface area contributed by atoms with Crippen LogP contribution in [-0.2, 0) is 27.9 Å². The van der Waals surface area contributed by atoms with Crippen LogP contribution in [0.3, 0.4) is 0 Å². The molecule has 0 spiro atoms. The molecule has 80 heavy (non-hydrogen) atoms. The molecule has 0 aromatic carbocycles. The summed E-state index contributed by atoms with van der Waals surface area (Å²) >= 11 is 0. The molecule has 0 aliphatic heterocycles. The third kappa shape index (κ3) is 60.8. The molecule has 10 heteroatoms. The van der Waals surface area contributed by atoms with E-state index in [-0.39, 0.29) is 31.5 Å². The number of amides is 1. The Balaban J connectivity index is 4.96. The zero-order valence-electron chi connectivity index (χ0n) is 54.1. The molecule has 1 N–H and O–H groups in total. The van der Waals surface area contributed by atoms with E-state index < -0.39 is 20.0 Å². The van der Waals surface area contributed by atoms with Gasteiger partial charge in [-0.05, 0) is 83.1 Å². The molecule has 3 unspecified atom stereocenters. The quantitative estimate of drug-likeness (QED) is 0.0212. The van der Waals surface area contributed by atoms with Crippen molar-refractivity contribution < 1.29 is 37.3 Å². The second-order valence-electron chi connectivity index (χ2n) is 25.0. The molecule has 0 fully saturated rings. The van der Waals surface area contributed by atoms with Gasteiger partial charge in [-0.2, -0.15) is 0 Å². The van der Waals surface area contributed by atoms with Gasteiger partial charge in [0.1, 0.15) is 19.3 Å². The van der Waals surface area contributed by atoms with Crippen LogP contribution in [0.5, 0.6) is 0 Å². The Labute approximate surface area is 497 Å². The molecular formula is C70H135N2O7P. The van der Waals surface area contributed by atoms with Crippen molar-refractivity contribution in [2.24, 2.45) is 0 Å². The van der Waals surface area contributed by atoms with Gasteiger partial charge in [0, 0.05) is 12.8 Å². The van der Waals surface area contributed by atoms with Crippen molar-refractivity contribution >= 4 is 19.7 Å². The van der Waals surface area contributed by atoms with E-state index in [9.17, 15) is 19.0 Å². The minimum absolute atomic E-state index is 0.0214. The highest BCUT2D eigenvalue weighted by molar-refractivity contribution is 7.45. The largest absolute Gasteiger partial charge is 0.756 e. The van der Waals surface area contributed by atoms with E-state index in [1.807, 2.05) is 33.3 Å². The maximum absolute atomic E-state index is 13.5. The standard InChI is InChI=1S/C70H135N2O7P/c1-7-10-13-16-19-22-25-27-29-31-32-33-34-35-36-37-38-39-40-41-43-45-48-51-54-57-60-63-70(74)79-68(61-58-55-52-49-46-24-21-18-15-12-9-3)67(66-78-80(75,76)77-65-64-72(4,5)6)71-69(73)62-59-56-53-50-47-44-42-30-28-26-23-20-17-14-11-8-2/h27,29-30,42,58,61,67-68H,7-26,28,31-41,43-57,59-60,62-66H2,1-6H3,(H-,71,73,75,76)/b29-27+,42-30+,61-58-. The van der Waals surface area contributed by atoms with E-state index in [2.05, 4.69) is 50.4 Å². The van der Waals surface area contributed by atoms with Gasteiger partial charge in [0.25, 0.3) is 7.82 Å². The summed E-state index contributed by atoms with van der Waals surface area (Å²) in [6.45, 7) is 6.87. The molecule has 0 bridgehead atoms. The molecule has 1 amide bonds. The molecule has 0 aliphatic carbocycles. The van der Waals surface area contributed by atoms with E-state index in [1.165, 1.54) is 238 Å². The molecule has 0 aliphatic rings. The molecule has 0 radical (unpaired) electrons. The molecule has 0 heterocycles. The molecule has 3 atom stereocenters. The zero-order chi connectivity index (χ0) is 58.6. The van der Waals surface area contributed by atoms with E-state index in [1.54, 1.807) is 0 Å². The van der Waals surface area contributed by atoms with E-state index in [4.69, 9.17) is 13.8 Å². The monoisotopic (exact) mass is 1150 g/mol. The lowest BCUT2D eigenvalue weighted by atomic mass is 10.0. The van der Waals surface area contributed by atoms with Crippen molar-refractivity contribution in [3.05, 3.63) is 36.5 Å². The van der Waals surface area contributed by atoms with Crippen molar-refractivity contribution in [2.45, 2.75) is 360 Å². The second kappa shape index (κ2) is 60.4. The fraction of sp³-hybridized carbons (Fsp3) is 0.886. The first-order valence-corrected chi connectivity index (χ1v) is 36.3. The SMILES string of the molecule is CCCCCCCC/C=C/CCCCCCCCCCCCCCCCCCCC(=O)OC(/C=C\CCCCCCCCCCC)C(COP(=O)([O-])OCC[N+](C)(C)C)NC(=O)CCCCCCC/C=C/CCCCCCCCC. The maximum Gasteiger partial charge on any atom is 0.306 e. The van der Waals surface area contributed by atoms with Crippen molar-refractivity contribution in [2.75, 3.05) is 40.9 Å². The number of hydrogen-bond donors (Lipinski definition) is 1. The second-order valence-corrected chi connectivity index (χ2v) is 26.4. The van der Waals surface area contributed by atoms with Crippen molar-refractivity contribution in [3.8, 4) is 0 Å². The molecule has 9 nitrogen and oxygen atoms in total. The van der Waals surface area contributed by atoms with Crippen LogP contribution in [0.4, 0.5) is 0 Å². The van der Waals surface area contributed by atoms with E-state index in [0.29, 0.717) is 17.4 Å². The van der Waals surface area contributed by atoms with Gasteiger partial charge in [-0.1, -0.05) is 289 Å². The number of hydrogen-bond acceptors (Lipinski definition) is 7. The van der Waals surface area contributed by atoms with Gasteiger partial charge < -0.3 is 28.5 Å². The van der Waals surface area contributed by atoms with Gasteiger partial charge >= 0.3 is 5.97 Å². The lowest BCUT2D eigenvalue weighted by Crippen LogP contribution is -2.47. The topological polar surface area (TPSA) is 114 Å². The number of rotatable bonds is 64. The number of esters is 1. The third-order valence-corrected chi connectivity index (χ3v) is 16.8. The smallest absolute Gasteiger partial charge is 0.306 e. The number of allylic oxidation sites excluding steroid dienone is 5. The van der Waals surface area contributed by atoms with Crippen LogP contribution in [0.2, 0.25) is 0 Å². The van der Waals surface area contributed by atoms with Crippen LogP contribution < -0.4 is 10.2 Å². The number of carbonyl (C=O) groups excluding carboxylic acids is 2. The average Bonchev–Trinajstić information content (AvgIpc) is 3.43. The summed E-state index contributed by atoms with van der Waals surface area (Å²) in [7, 11) is 1.19. The average molecular weight is 1150 g/mol. The van der Waals surface area contributed by atoms with Gasteiger partial charge in [-0.25, -0.2) is 0 Å². The van der Waals surface area contributed by atoms with E-state index >= 15 is 0 Å². The summed E-state index contributed by atoms with van der Waals surface area (Å²) in [5.41, 5.74) is 0. The first kappa shape index (κ1) is 78.2. The Morgan fingerprint density at radius 1 is 0.425 bits per heavy atom. The third-order valence-electron chi connectivity index (χ3n) is 15.8. The lowest BCUT2D eigenvalue weighted by Gasteiger charge is -2.30. The highest BCUT2D eigenvalue weighted by atomic mass is 31.2. The van der Waals surface area contributed by atoms with Crippen LogP contribution in [-0.4, -0.2) is 69.4 Å². The highest BCUT2D eigenvalue weighted by Gasteiger charge is 2.27. The molecule has 0 aromatic rings. The maximum atomic E-state index is 13.5. The van der Waals surface area contributed by atoms with Crippen LogP contribution in [0.15, 0.2) is 36.5 Å². The summed E-state index contributed by atoms with van der Waals surface area (Å²) < 4.78 is 30.4. The zero-order valence-corrected chi connectivity index (χ0v) is 54.9. The van der Waals surface area contributed by atoms with Gasteiger partial charge in [0.05, 0.1) is 33.8 Å². The predicted octanol–water partition coefficient (Wildman–Crippen LogP) is 21.2. The minimum Gasteiger partial charge on any atom is -0.756 e. The Hall–Kier alpha value is -1.77. The number of nitrogens with one attached hydrogen (secondary N) is 1. The summed E-state index contributed by atoms with van der Waals surface area (Å²) in [6, 6.07) is -0.889. The Morgan fingerprint density at radius 2 is 0.725 bits per heavy atom. The van der Waals surface area contributed by atoms with Crippen molar-refractivity contribution in [3.63, 3.8) is 0 Å². The molecule has 0 saturated heterocycles. The number of carbonyl (C=O) groups is 2. The molecular weight excluding hydrogens is 1010 g/mol. The number of phosphoric acid groups is 1. The number of ether oxygens (including phenoxy) is 1. The number of nitrogens with zero attached hydrogens (tertiary/aromatic N) is 1. The fourth-order valence-corrected chi connectivity index (χ4v) is 11.1. The molecule has 0 rings (SSSR count). The number of unbranched alkanes of at least 4 members (excludes halogenated alkanes) is 44. The van der Waals surface area contributed by atoms with E-state index in [0.717, 1.165) is 77.0 Å². The van der Waals surface area contributed by atoms with Crippen LogP contribution in [0.1, 0.15) is 348 Å².